The molecule has 0 saturated heterocycles. The van der Waals surface area contributed by atoms with Gasteiger partial charge in [-0.15, -0.1) is 0 Å². The van der Waals surface area contributed by atoms with Crippen LogP contribution >= 0.6 is 0 Å². The molecule has 4 nitrogen and oxygen atoms in total. The Bertz CT molecular complexity index is 522. The van der Waals surface area contributed by atoms with Crippen LogP contribution in [0.3, 0.4) is 0 Å². The van der Waals surface area contributed by atoms with Crippen molar-refractivity contribution in [3.8, 4) is 0 Å². The van der Waals surface area contributed by atoms with Crippen LogP contribution < -0.4 is 0 Å². The van der Waals surface area contributed by atoms with Crippen LogP contribution in [0.2, 0.25) is 0 Å². The molecule has 106 valence electrons. The summed E-state index contributed by atoms with van der Waals surface area (Å²) in [4.78, 5) is 22.5. The SMILES string of the molecule is C/C(=C\c1ccccc1)[C@H](C[N+](=O)[O-])[C@@H]1CCCC1=O. The first-order chi connectivity index (χ1) is 9.58. The third-order valence-corrected chi connectivity index (χ3v) is 3.96. The standard InChI is InChI=1S/C16H19NO3/c1-12(10-13-6-3-2-4-7-13)15(11-17(19)20)14-8-5-9-16(14)18/h2-4,6-7,10,14-15H,5,8-9,11H2,1H3/b12-10+/t14-,15-/m0/s1. The number of benzene rings is 1. The number of rotatable bonds is 5. The van der Waals surface area contributed by atoms with E-state index in [-0.39, 0.29) is 29.1 Å². The summed E-state index contributed by atoms with van der Waals surface area (Å²) in [5.41, 5.74) is 1.94. The summed E-state index contributed by atoms with van der Waals surface area (Å²) in [6.07, 6.45) is 4.16. The van der Waals surface area contributed by atoms with Crippen molar-refractivity contribution in [1.29, 1.82) is 0 Å². The first-order valence-electron chi connectivity index (χ1n) is 6.95. The maximum atomic E-state index is 11.9. The fourth-order valence-corrected chi connectivity index (χ4v) is 2.94. The zero-order valence-electron chi connectivity index (χ0n) is 11.6. The lowest BCUT2D eigenvalue weighted by molar-refractivity contribution is -0.487. The van der Waals surface area contributed by atoms with E-state index in [2.05, 4.69) is 0 Å². The first-order valence-corrected chi connectivity index (χ1v) is 6.95. The summed E-state index contributed by atoms with van der Waals surface area (Å²) >= 11 is 0. The molecule has 0 unspecified atom stereocenters. The maximum Gasteiger partial charge on any atom is 0.211 e. The fourth-order valence-electron chi connectivity index (χ4n) is 2.94. The van der Waals surface area contributed by atoms with Gasteiger partial charge in [-0.1, -0.05) is 42.0 Å². The highest BCUT2D eigenvalue weighted by Gasteiger charge is 2.35. The van der Waals surface area contributed by atoms with Crippen molar-refractivity contribution in [2.24, 2.45) is 11.8 Å². The Morgan fingerprint density at radius 2 is 2.15 bits per heavy atom. The number of carbonyl (C=O) groups is 1. The number of hydrogen-bond donors (Lipinski definition) is 0. The highest BCUT2D eigenvalue weighted by molar-refractivity contribution is 5.83. The third-order valence-electron chi connectivity index (χ3n) is 3.96. The van der Waals surface area contributed by atoms with Crippen LogP contribution in [0.1, 0.15) is 31.7 Å². The second-order valence-electron chi connectivity index (χ2n) is 5.39. The van der Waals surface area contributed by atoms with Crippen molar-refractivity contribution < 1.29 is 9.72 Å². The van der Waals surface area contributed by atoms with Gasteiger partial charge in [0.1, 0.15) is 5.78 Å². The molecule has 0 aliphatic heterocycles. The third kappa shape index (κ3) is 3.53. The highest BCUT2D eigenvalue weighted by Crippen LogP contribution is 2.33. The Balaban J connectivity index is 2.24. The van der Waals surface area contributed by atoms with E-state index in [1.165, 1.54) is 0 Å². The molecule has 0 aromatic heterocycles. The lowest BCUT2D eigenvalue weighted by Crippen LogP contribution is -2.26. The molecular formula is C16H19NO3. The number of Topliss-reactive ketones (excluding diaryl/α,β-unsaturated/α-hetero) is 1. The minimum absolute atomic E-state index is 0.161. The molecule has 1 aliphatic rings. The minimum Gasteiger partial charge on any atom is -0.299 e. The summed E-state index contributed by atoms with van der Waals surface area (Å²) in [6, 6.07) is 9.72. The maximum absolute atomic E-state index is 11.9. The van der Waals surface area contributed by atoms with E-state index in [4.69, 9.17) is 0 Å². The van der Waals surface area contributed by atoms with Crippen molar-refractivity contribution in [2.45, 2.75) is 26.2 Å². The number of nitrogens with zero attached hydrogens (tertiary/aromatic N) is 1. The molecule has 1 aromatic rings. The van der Waals surface area contributed by atoms with Crippen LogP contribution in [0.4, 0.5) is 0 Å². The highest BCUT2D eigenvalue weighted by atomic mass is 16.6. The zero-order chi connectivity index (χ0) is 14.5. The average molecular weight is 273 g/mol. The molecule has 0 spiro atoms. The van der Waals surface area contributed by atoms with E-state index >= 15 is 0 Å². The quantitative estimate of drug-likeness (QED) is 0.610. The molecule has 1 saturated carbocycles. The number of ketones is 1. The molecule has 0 amide bonds. The van der Waals surface area contributed by atoms with E-state index in [1.807, 2.05) is 43.3 Å². The van der Waals surface area contributed by atoms with Crippen LogP contribution in [0.15, 0.2) is 35.9 Å². The Labute approximate surface area is 118 Å². The average Bonchev–Trinajstić information content (AvgIpc) is 2.83. The van der Waals surface area contributed by atoms with Gasteiger partial charge in [-0.2, -0.15) is 0 Å². The summed E-state index contributed by atoms with van der Waals surface area (Å²) in [7, 11) is 0. The second-order valence-corrected chi connectivity index (χ2v) is 5.39. The van der Waals surface area contributed by atoms with Gasteiger partial charge in [-0.3, -0.25) is 14.9 Å². The monoisotopic (exact) mass is 273 g/mol. The van der Waals surface area contributed by atoms with Gasteiger partial charge >= 0.3 is 0 Å². The summed E-state index contributed by atoms with van der Waals surface area (Å²) in [5.74, 6) is -0.279. The molecule has 20 heavy (non-hydrogen) atoms. The van der Waals surface area contributed by atoms with E-state index in [1.54, 1.807) is 0 Å². The fraction of sp³-hybridized carbons (Fsp3) is 0.438. The molecule has 0 bridgehead atoms. The molecule has 2 rings (SSSR count). The van der Waals surface area contributed by atoms with Gasteiger partial charge in [0.15, 0.2) is 0 Å². The van der Waals surface area contributed by atoms with Crippen LogP contribution in [-0.4, -0.2) is 17.3 Å². The van der Waals surface area contributed by atoms with Gasteiger partial charge in [0.2, 0.25) is 6.54 Å². The predicted molar refractivity (Wildman–Crippen MR) is 77.8 cm³/mol. The van der Waals surface area contributed by atoms with Gasteiger partial charge in [0.25, 0.3) is 0 Å². The number of hydrogen-bond acceptors (Lipinski definition) is 3. The molecule has 0 radical (unpaired) electrons. The molecule has 4 heteroatoms. The predicted octanol–water partition coefficient (Wildman–Crippen LogP) is 3.35. The van der Waals surface area contributed by atoms with Gasteiger partial charge < -0.3 is 0 Å². The lowest BCUT2D eigenvalue weighted by Gasteiger charge is -2.19. The van der Waals surface area contributed by atoms with Gasteiger partial charge in [0.05, 0.1) is 5.92 Å². The number of carbonyl (C=O) groups excluding carboxylic acids is 1. The zero-order valence-corrected chi connectivity index (χ0v) is 11.6. The van der Waals surface area contributed by atoms with Crippen LogP contribution in [0, 0.1) is 22.0 Å². The Morgan fingerprint density at radius 3 is 2.70 bits per heavy atom. The van der Waals surface area contributed by atoms with E-state index in [9.17, 15) is 14.9 Å². The van der Waals surface area contributed by atoms with E-state index < -0.39 is 0 Å². The van der Waals surface area contributed by atoms with Crippen molar-refractivity contribution in [3.63, 3.8) is 0 Å². The van der Waals surface area contributed by atoms with Crippen LogP contribution in [0.25, 0.3) is 6.08 Å². The Morgan fingerprint density at radius 1 is 1.45 bits per heavy atom. The molecular weight excluding hydrogens is 254 g/mol. The summed E-state index contributed by atoms with van der Waals surface area (Å²) < 4.78 is 0. The van der Waals surface area contributed by atoms with Gasteiger partial charge in [-0.05, 0) is 25.3 Å². The lowest BCUT2D eigenvalue weighted by atomic mass is 9.84. The van der Waals surface area contributed by atoms with Crippen molar-refractivity contribution in [2.75, 3.05) is 6.54 Å². The Kier molecular flexibility index (Phi) is 4.66. The smallest absolute Gasteiger partial charge is 0.211 e. The Hall–Kier alpha value is -1.97. The van der Waals surface area contributed by atoms with Crippen molar-refractivity contribution in [1.82, 2.24) is 0 Å². The van der Waals surface area contributed by atoms with Crippen molar-refractivity contribution >= 4 is 11.9 Å². The molecule has 0 N–H and O–H groups in total. The minimum atomic E-state index is -0.307. The van der Waals surface area contributed by atoms with Gasteiger partial charge in [-0.25, -0.2) is 0 Å². The summed E-state index contributed by atoms with van der Waals surface area (Å²) in [6.45, 7) is 1.73. The topological polar surface area (TPSA) is 60.2 Å². The largest absolute Gasteiger partial charge is 0.299 e. The first kappa shape index (κ1) is 14.4. The van der Waals surface area contributed by atoms with E-state index in [0.717, 1.165) is 24.0 Å². The molecule has 1 fully saturated rings. The van der Waals surface area contributed by atoms with Crippen LogP contribution in [-0.2, 0) is 4.79 Å². The normalized spacial score (nSPS) is 20.9. The van der Waals surface area contributed by atoms with Crippen molar-refractivity contribution in [3.05, 3.63) is 51.6 Å². The van der Waals surface area contributed by atoms with Crippen LogP contribution in [0.5, 0.6) is 0 Å². The molecule has 0 heterocycles. The van der Waals surface area contributed by atoms with E-state index in [0.29, 0.717) is 6.42 Å². The molecule has 1 aliphatic carbocycles. The van der Waals surface area contributed by atoms with Gasteiger partial charge in [0, 0.05) is 17.3 Å². The summed E-state index contributed by atoms with van der Waals surface area (Å²) in [5, 5.41) is 10.9. The number of nitro groups is 1. The molecule has 1 aromatic carbocycles. The second kappa shape index (κ2) is 6.46. The molecule has 2 atom stereocenters.